The highest BCUT2D eigenvalue weighted by molar-refractivity contribution is 8.72. The van der Waals surface area contributed by atoms with Crippen LogP contribution in [0.1, 0.15) is 144 Å². The fraction of sp³-hybridized carbons (Fsp3) is 0.370. The molecule has 7 aliphatic rings. The maximum absolute atomic E-state index is 13.8. The van der Waals surface area contributed by atoms with E-state index in [1.54, 1.807) is 139 Å². The molecule has 4 unspecified atom stereocenters. The van der Waals surface area contributed by atoms with E-state index < -0.39 is 29.7 Å². The first-order valence-electron chi connectivity index (χ1n) is 40.9. The smallest absolute Gasteiger partial charge is 0.323 e. The van der Waals surface area contributed by atoms with Crippen molar-refractivity contribution in [3.63, 3.8) is 0 Å². The van der Waals surface area contributed by atoms with E-state index in [0.29, 0.717) is 56.6 Å². The molecule has 11 aromatic rings. The van der Waals surface area contributed by atoms with Crippen LogP contribution in [-0.4, -0.2) is 134 Å². The molecule has 4 bridgehead atoms. The van der Waals surface area contributed by atoms with Gasteiger partial charge in [-0.2, -0.15) is 0 Å². The van der Waals surface area contributed by atoms with Gasteiger partial charge in [-0.3, -0.25) is 38.4 Å². The Morgan fingerprint density at radius 3 is 1.20 bits per heavy atom. The van der Waals surface area contributed by atoms with Gasteiger partial charge in [0.25, 0.3) is 17.7 Å². The number of aliphatic carboxylic acids is 1. The van der Waals surface area contributed by atoms with Crippen molar-refractivity contribution in [1.82, 2.24) is 62.5 Å². The number of piperidine rings is 2. The van der Waals surface area contributed by atoms with Crippen LogP contribution in [-0.2, 0) is 309 Å². The zero-order chi connectivity index (χ0) is 93.9. The molecule has 3 aromatic carbocycles. The van der Waals surface area contributed by atoms with Gasteiger partial charge in [0.05, 0.1) is 64.9 Å². The van der Waals surface area contributed by atoms with Gasteiger partial charge in [0.15, 0.2) is 0 Å². The fourth-order valence-electron chi connectivity index (χ4n) is 17.5. The number of hydrogen-bond donors (Lipinski definition) is 7. The molecule has 708 valence electrons. The molecular formula is C81H89ClN18O9S24. The van der Waals surface area contributed by atoms with Gasteiger partial charge in [0.1, 0.15) is 54.0 Å². The number of carboxylic acid groups (broad SMARTS) is 1. The number of carbonyl (C=O) groups is 8. The van der Waals surface area contributed by atoms with Crippen molar-refractivity contribution in [3.05, 3.63) is 174 Å². The summed E-state index contributed by atoms with van der Waals surface area (Å²) in [6, 6.07) is 28.7. The monoisotopic (exact) mass is 2260 g/mol. The minimum atomic E-state index is -0.971. The molecule has 6 amide bonds. The molecule has 4 fully saturated rings. The van der Waals surface area contributed by atoms with Crippen molar-refractivity contribution >= 4 is 331 Å². The van der Waals surface area contributed by atoms with Gasteiger partial charge >= 0.3 is 5.97 Å². The lowest BCUT2D eigenvalue weighted by atomic mass is 9.97. The van der Waals surface area contributed by atoms with Crippen LogP contribution < -0.4 is 33.2 Å². The first-order valence-corrected chi connectivity index (χ1v) is 68.9. The summed E-state index contributed by atoms with van der Waals surface area (Å²) in [6.07, 6.45) is 26.5. The number of benzene rings is 3. The standard InChI is InChI=1S/C31H33N7O3.C19H20N4O2.C18H18N4O3.C13H17N3O.ClH.S9.S8.S7/c1-18-5-4-6-26(34-18)35-31(41)29-20-8-10-21(13-20)38(29)28(39)17-36-16-23(30(32)40)22-14-19(9-11-24(22)36)25-15-33-27-7-2-3-12-37(25)27;1-12(24)10-22-11-15(19(20)25)14-8-13(5-6-16(14)22)17-9-21-18-4-2-3-7-23(17)18;19-18(25)13-9-21(10-17(23)24)14-5-4-11(7-12(13)14)15-8-20-16-3-1-2-6-22(15)16;1-8-3-2-4-11(14-8)16-13(17)12-9-5-6-10(7-9)15-12;;1-3-5-7-9-8-6-4-2;1-3-5-7-8-6-4-2;1-3-5-7-6-4-2/h4-6,9,11,14-16,20-21,29H,2-3,7-8,10,12-13,17H2,1H3,(H2,32,40)(H,34,35,41);5-6,8-9,11H,2-4,7,10H2,1H3,(H2,20,25);4-5,7-9H,1-3,6,10H2,(H2,19,25)(H,23,24);2-4,9-10,12,15H,5-7H2,1H3,(H,14,16,17);1H;;;/t20?,21?,29-;;;9?,10?,12-;;;;/m0..0..../s1. The highest BCUT2D eigenvalue weighted by Gasteiger charge is 2.51. The molecule has 52 heteroatoms. The number of aromatic nitrogens is 11. The average Bonchev–Trinajstić information content (AvgIpc) is 1.62. The van der Waals surface area contributed by atoms with E-state index in [1.807, 2.05) is 117 Å². The molecule has 5 aliphatic heterocycles. The summed E-state index contributed by atoms with van der Waals surface area (Å²) in [4.78, 5) is 122. The van der Waals surface area contributed by atoms with E-state index in [2.05, 4.69) is 122 Å². The zero-order valence-corrected chi connectivity index (χ0v) is 91.4. The molecule has 18 rings (SSSR count). The van der Waals surface area contributed by atoms with Crippen LogP contribution in [0.5, 0.6) is 0 Å². The highest BCUT2D eigenvalue weighted by atomic mass is 35.5. The number of rotatable bonds is 16. The topological polar surface area (TPSA) is 368 Å². The van der Waals surface area contributed by atoms with Crippen LogP contribution >= 0.6 is 12.4 Å². The lowest BCUT2D eigenvalue weighted by Crippen LogP contribution is -2.51. The number of Topliss-reactive ketones (excluding diaryl/α,β-unsaturated/α-hetero) is 1. The van der Waals surface area contributed by atoms with E-state index in [0.717, 1.165) is 176 Å². The number of imidazole rings is 3. The summed E-state index contributed by atoms with van der Waals surface area (Å²) in [5.74, 6) is 2.25. The number of primary amides is 3. The largest absolute Gasteiger partial charge is 0.480 e. The van der Waals surface area contributed by atoms with E-state index in [9.17, 15) is 38.4 Å². The van der Waals surface area contributed by atoms with Crippen LogP contribution in [0.15, 0.2) is 128 Å². The number of nitrogens with two attached hydrogens (primary N) is 3. The molecule has 2 aliphatic carbocycles. The Hall–Kier alpha value is -6.30. The predicted molar refractivity (Wildman–Crippen MR) is 591 cm³/mol. The second-order valence-corrected chi connectivity index (χ2v) is 62.7. The Morgan fingerprint density at radius 1 is 0.459 bits per heavy atom. The number of ketones is 1. The maximum Gasteiger partial charge on any atom is 0.323 e. The zero-order valence-electron chi connectivity index (χ0n) is 71.0. The number of likely N-dealkylation sites (tertiary alicyclic amines) is 1. The van der Waals surface area contributed by atoms with Crippen molar-refractivity contribution < 1.29 is 43.5 Å². The van der Waals surface area contributed by atoms with Crippen LogP contribution in [0.4, 0.5) is 11.6 Å². The van der Waals surface area contributed by atoms with Gasteiger partial charge < -0.3 is 70.6 Å². The summed E-state index contributed by atoms with van der Waals surface area (Å²) >= 11 is 27.6. The van der Waals surface area contributed by atoms with Gasteiger partial charge in [0, 0.05) is 357 Å². The molecule has 10 N–H and O–H groups in total. The van der Waals surface area contributed by atoms with Crippen LogP contribution in [0.2, 0.25) is 0 Å². The normalized spacial score (nSPS) is 16.8. The first kappa shape index (κ1) is 107. The lowest BCUT2D eigenvalue weighted by molar-refractivity contribution is -0.141. The second-order valence-electron chi connectivity index (χ2n) is 30.8. The number of hydrogen-bond acceptors (Lipinski definition) is 20. The summed E-state index contributed by atoms with van der Waals surface area (Å²) in [5, 5.41) is 20.4. The summed E-state index contributed by atoms with van der Waals surface area (Å²) in [5.41, 5.74) is 28.0. The van der Waals surface area contributed by atoms with Gasteiger partial charge in [0.2, 0.25) is 17.7 Å². The summed E-state index contributed by atoms with van der Waals surface area (Å²) in [7, 11) is 27.4. The molecule has 6 atom stereocenters. The lowest BCUT2D eigenvalue weighted by Gasteiger charge is -2.34. The number of nitrogens with one attached hydrogen (secondary N) is 3. The number of carbonyl (C=O) groups excluding carboxylic acids is 7. The molecule has 2 saturated carbocycles. The fourth-order valence-corrected chi connectivity index (χ4v) is 50.4. The number of halogens is 1. The maximum atomic E-state index is 13.8. The Morgan fingerprint density at radius 2 is 0.835 bits per heavy atom. The second kappa shape index (κ2) is 53.7. The van der Waals surface area contributed by atoms with Crippen molar-refractivity contribution in [3.8, 4) is 33.8 Å². The molecule has 8 aromatic heterocycles. The minimum absolute atomic E-state index is 0. The van der Waals surface area contributed by atoms with Gasteiger partial charge in [-0.1, -0.05) is 30.3 Å². The number of nitrogens with zero attached hydrogens (tertiary/aromatic N) is 12. The molecule has 0 radical (unpaired) electrons. The van der Waals surface area contributed by atoms with Crippen LogP contribution in [0.3, 0.4) is 0 Å². The molecule has 27 nitrogen and oxygen atoms in total. The third kappa shape index (κ3) is 29.0. The number of amides is 6. The summed E-state index contributed by atoms with van der Waals surface area (Å²) in [6.45, 7) is 8.18. The third-order valence-electron chi connectivity index (χ3n) is 22.7. The quantitative estimate of drug-likeness (QED) is 0.0473. The number of aryl methyl sites for hydroxylation is 5. The molecule has 13 heterocycles. The highest BCUT2D eigenvalue weighted by Crippen LogP contribution is 2.44. The van der Waals surface area contributed by atoms with Gasteiger partial charge in [-0.25, -0.2) is 24.9 Å². The Balaban J connectivity index is 0.000000162. The van der Waals surface area contributed by atoms with Crippen molar-refractivity contribution in [2.75, 3.05) is 10.6 Å². The number of anilines is 2. The SMILES string of the molecule is CC(=O)Cn1cc(C(N)=O)c2cc(-c3cnc4n3CCCC4)ccc21.Cc1cccc(NC(=O)[C@@H]2C3CCC(C3)N2C(=O)Cn2cc(C(N)=O)c3cc(-c4cnc5n4CCCC5)ccc32)n1.Cc1cccc(NC(=O)[C@H]2NC3CCC2C3)n1.Cl.NC(=O)c1cn(CC(=O)O)c2ccc(-c3cnc4n3CCCC4)cc12.S=S=S=S=S=S=S.S=S=S=S=S=S=S=S.S=S=S=S=S=S=S=S=S. The molecule has 133 heavy (non-hydrogen) atoms. The van der Waals surface area contributed by atoms with E-state index in [-0.39, 0.29) is 73.5 Å². The Kier molecular flexibility index (Phi) is 43.3. The van der Waals surface area contributed by atoms with Crippen molar-refractivity contribution in [2.45, 2.75) is 181 Å². The minimum Gasteiger partial charge on any atom is -0.480 e. The van der Waals surface area contributed by atoms with Gasteiger partial charge in [-0.15, -0.1) is 12.4 Å². The number of pyridine rings is 2. The average molecular weight is 2260 g/mol. The molecule has 2 saturated heterocycles. The molecular weight excluding hydrogens is 2170 g/mol. The van der Waals surface area contributed by atoms with Crippen molar-refractivity contribution in [1.29, 1.82) is 0 Å². The Labute approximate surface area is 854 Å². The van der Waals surface area contributed by atoms with Crippen LogP contribution in [0.25, 0.3) is 66.5 Å². The number of carboxylic acids is 1. The first-order chi connectivity index (χ1) is 63.9. The molecule has 0 spiro atoms. The third-order valence-corrected chi connectivity index (χ3v) is 56.1. The Bertz CT molecular complexity index is 6960. The number of fused-ring (bicyclic) bond motifs is 10. The van der Waals surface area contributed by atoms with E-state index in [4.69, 9.17) is 22.3 Å². The predicted octanol–water partition coefficient (Wildman–Crippen LogP) is 10.0. The summed E-state index contributed by atoms with van der Waals surface area (Å²) < 4.78 is 11.8. The van der Waals surface area contributed by atoms with Gasteiger partial charge in [-0.05, 0) is 170 Å². The van der Waals surface area contributed by atoms with E-state index in [1.165, 1.54) is 90.2 Å². The van der Waals surface area contributed by atoms with E-state index >= 15 is 0 Å². The van der Waals surface area contributed by atoms with Crippen LogP contribution in [0, 0.1) is 25.7 Å². The van der Waals surface area contributed by atoms with Crippen molar-refractivity contribution in [2.24, 2.45) is 29.0 Å².